The van der Waals surface area contributed by atoms with Gasteiger partial charge in [0.15, 0.2) is 23.7 Å². The molecule has 5 rings (SSSR count). The van der Waals surface area contributed by atoms with Gasteiger partial charge in [0.1, 0.15) is 12.3 Å². The molecule has 1 aromatic carbocycles. The van der Waals surface area contributed by atoms with Crippen molar-refractivity contribution < 1.29 is 58.3 Å². The maximum atomic E-state index is 17.3. The molecule has 48 heavy (non-hydrogen) atoms. The van der Waals surface area contributed by atoms with Crippen molar-refractivity contribution in [1.82, 2.24) is 5.32 Å². The molecule has 0 aliphatic heterocycles. The number of benzene rings is 1. The number of aliphatic hydroxyl groups is 3. The van der Waals surface area contributed by atoms with Crippen LogP contribution in [0.5, 0.6) is 5.75 Å². The van der Waals surface area contributed by atoms with Crippen molar-refractivity contribution in [2.24, 2.45) is 22.7 Å². The van der Waals surface area contributed by atoms with Gasteiger partial charge in [0.05, 0.1) is 18.8 Å². The lowest BCUT2D eigenvalue weighted by atomic mass is 9.44. The average Bonchev–Trinajstić information content (AvgIpc) is 3.23. The lowest BCUT2D eigenvalue weighted by molar-refractivity contribution is -0.757. The molecule has 0 aromatic heterocycles. The van der Waals surface area contributed by atoms with Crippen molar-refractivity contribution in [3.63, 3.8) is 0 Å². The molecule has 4 N–H and O–H groups in total. The Morgan fingerprint density at radius 2 is 1.92 bits per heavy atom. The predicted octanol–water partition coefficient (Wildman–Crippen LogP) is 2.10. The number of rotatable bonds is 11. The molecule has 3 fully saturated rings. The topological polar surface area (TPSA) is 212 Å². The molecule has 14 nitrogen and oxygen atoms in total. The molecule has 4 aliphatic rings. The van der Waals surface area contributed by atoms with Crippen molar-refractivity contribution in [3.05, 3.63) is 63.7 Å². The highest BCUT2D eigenvalue weighted by molar-refractivity contribution is 6.01. The van der Waals surface area contributed by atoms with E-state index in [1.54, 1.807) is 19.1 Å². The van der Waals surface area contributed by atoms with E-state index < -0.39 is 82.2 Å². The van der Waals surface area contributed by atoms with Crippen molar-refractivity contribution in [2.45, 2.75) is 75.9 Å². The number of aliphatic hydroxyl groups excluding tert-OH is 2. The van der Waals surface area contributed by atoms with Crippen LogP contribution in [0.4, 0.5) is 9.18 Å². The largest absolute Gasteiger partial charge is 0.456 e. The van der Waals surface area contributed by atoms with Crippen molar-refractivity contribution in [3.8, 4) is 5.75 Å². The first-order valence-electron chi connectivity index (χ1n) is 15.8. The Hall–Kier alpha value is -4.21. The first-order chi connectivity index (χ1) is 22.6. The van der Waals surface area contributed by atoms with Crippen LogP contribution in [0.1, 0.15) is 51.5 Å². The van der Waals surface area contributed by atoms with Crippen LogP contribution in [0.25, 0.3) is 0 Å². The zero-order valence-corrected chi connectivity index (χ0v) is 26.6. The first kappa shape index (κ1) is 35.1. The number of carbonyl (C=O) groups excluding carboxylic acids is 4. The number of alkyl halides is 1. The van der Waals surface area contributed by atoms with E-state index in [9.17, 15) is 44.6 Å². The van der Waals surface area contributed by atoms with Crippen LogP contribution in [0.2, 0.25) is 0 Å². The maximum Gasteiger partial charge on any atom is 0.413 e. The molecule has 4 aliphatic carbocycles. The number of carbonyl (C=O) groups is 4. The summed E-state index contributed by atoms with van der Waals surface area (Å²) in [6.07, 6.45) is 0.722. The summed E-state index contributed by atoms with van der Waals surface area (Å²) >= 11 is 0. The zero-order chi connectivity index (χ0) is 35.1. The number of amides is 1. The predicted molar refractivity (Wildman–Crippen MR) is 162 cm³/mol. The second-order valence-electron chi connectivity index (χ2n) is 13.4. The molecule has 0 spiro atoms. The highest BCUT2D eigenvalue weighted by atomic mass is 19.1. The van der Waals surface area contributed by atoms with Gasteiger partial charge in [-0.1, -0.05) is 30.7 Å². The first-order valence-corrected chi connectivity index (χ1v) is 15.8. The van der Waals surface area contributed by atoms with E-state index in [1.807, 2.05) is 0 Å². The van der Waals surface area contributed by atoms with Crippen LogP contribution in [0, 0.1) is 32.8 Å². The van der Waals surface area contributed by atoms with Crippen LogP contribution < -0.4 is 10.1 Å². The Morgan fingerprint density at radius 3 is 2.65 bits per heavy atom. The van der Waals surface area contributed by atoms with Crippen LogP contribution >= 0.6 is 0 Å². The maximum absolute atomic E-state index is 17.3. The fourth-order valence-electron chi connectivity index (χ4n) is 8.50. The smallest absolute Gasteiger partial charge is 0.413 e. The number of esters is 1. The third kappa shape index (κ3) is 5.87. The van der Waals surface area contributed by atoms with E-state index in [-0.39, 0.29) is 37.4 Å². The summed E-state index contributed by atoms with van der Waals surface area (Å²) in [7, 11) is 0. The highest BCUT2D eigenvalue weighted by Gasteiger charge is 2.76. The third-order valence-corrected chi connectivity index (χ3v) is 10.9. The Labute approximate surface area is 275 Å². The summed E-state index contributed by atoms with van der Waals surface area (Å²) < 4.78 is 27.4. The van der Waals surface area contributed by atoms with Crippen molar-refractivity contribution >= 4 is 23.6 Å². The van der Waals surface area contributed by atoms with Gasteiger partial charge in [0.25, 0.3) is 5.09 Å². The summed E-state index contributed by atoms with van der Waals surface area (Å²) in [5.74, 6) is -3.77. The SMILES string of the molecule is C[C@]12C=CC(=O)C=C1CCC1C3C[C@@H](O)[C@](O)(C(=O)COC(=O)CNC(=O)Oc4cccc(CCCO[N+](=O)[O-])c4)[C@@]3(C)C[C@H](O)[C@@]12F. The minimum Gasteiger partial charge on any atom is -0.456 e. The summed E-state index contributed by atoms with van der Waals surface area (Å²) in [6.45, 7) is 1.41. The molecule has 260 valence electrons. The number of aryl methyl sites for hydroxylation is 1. The Bertz CT molecular complexity index is 1560. The van der Waals surface area contributed by atoms with Gasteiger partial charge < -0.3 is 34.9 Å². The average molecular weight is 675 g/mol. The number of ketones is 2. The number of ether oxygens (including phenoxy) is 2. The van der Waals surface area contributed by atoms with E-state index >= 15 is 4.39 Å². The van der Waals surface area contributed by atoms with Crippen LogP contribution in [-0.4, -0.2) is 87.3 Å². The summed E-state index contributed by atoms with van der Waals surface area (Å²) in [4.78, 5) is 64.7. The van der Waals surface area contributed by atoms with Gasteiger partial charge in [-0.15, -0.1) is 10.1 Å². The third-order valence-electron chi connectivity index (χ3n) is 10.9. The Balaban J connectivity index is 1.17. The number of nitrogens with zero attached hydrogens (tertiary/aromatic N) is 1. The Kier molecular flexibility index (Phi) is 9.51. The van der Waals surface area contributed by atoms with Gasteiger partial charge in [-0.05, 0) is 81.2 Å². The quantitative estimate of drug-likeness (QED) is 0.115. The van der Waals surface area contributed by atoms with Gasteiger partial charge in [-0.2, -0.15) is 0 Å². The molecule has 15 heteroatoms. The number of hydrogen-bond donors (Lipinski definition) is 4. The molecular weight excluding hydrogens is 635 g/mol. The molecule has 0 saturated heterocycles. The van der Waals surface area contributed by atoms with E-state index in [4.69, 9.17) is 9.47 Å². The van der Waals surface area contributed by atoms with Gasteiger partial charge in [-0.25, -0.2) is 9.18 Å². The minimum atomic E-state index is -2.47. The van der Waals surface area contributed by atoms with E-state index in [2.05, 4.69) is 10.2 Å². The van der Waals surface area contributed by atoms with Gasteiger partial charge >= 0.3 is 12.1 Å². The van der Waals surface area contributed by atoms with Gasteiger partial charge in [0, 0.05) is 16.7 Å². The molecule has 0 radical (unpaired) electrons. The Morgan fingerprint density at radius 1 is 1.17 bits per heavy atom. The standard InChI is InChI=1S/C33H39FN2O12/c1-30-11-10-21(37)14-20(30)8-9-23-24-15-25(38)33(43,31(24,2)16-26(39)32(23,30)34)27(40)18-46-28(41)17-35-29(42)48-22-7-3-5-19(13-22)6-4-12-47-36(44)45/h3,5,7,10-11,13-14,23-26,38-39,43H,4,6,8-9,12,15-18H2,1-2H3,(H,35,42)/t23?,24?,25-,26+,30+,31+,32+,33+/m1/s1. The molecule has 1 amide bonds. The van der Waals surface area contributed by atoms with Gasteiger partial charge in [0.2, 0.25) is 5.78 Å². The monoisotopic (exact) mass is 674 g/mol. The minimum absolute atomic E-state index is 0.0971. The molecule has 3 saturated carbocycles. The fourth-order valence-corrected chi connectivity index (χ4v) is 8.50. The second-order valence-corrected chi connectivity index (χ2v) is 13.4. The highest BCUT2D eigenvalue weighted by Crippen LogP contribution is 2.69. The molecule has 0 heterocycles. The fraction of sp³-hybridized carbons (Fsp3) is 0.576. The van der Waals surface area contributed by atoms with E-state index in [1.165, 1.54) is 37.3 Å². The molecule has 2 unspecified atom stereocenters. The van der Waals surface area contributed by atoms with E-state index in [0.29, 0.717) is 24.8 Å². The lowest BCUT2D eigenvalue weighted by Crippen LogP contribution is -2.69. The molecular formula is C33H39FN2O12. The number of Topliss-reactive ketones (excluding diaryl/α,β-unsaturated/α-hetero) is 1. The lowest BCUT2D eigenvalue weighted by Gasteiger charge is -2.62. The van der Waals surface area contributed by atoms with Crippen molar-refractivity contribution in [1.29, 1.82) is 0 Å². The summed E-state index contributed by atoms with van der Waals surface area (Å²) in [5, 5.41) is 45.8. The van der Waals surface area contributed by atoms with Crippen LogP contribution in [0.15, 0.2) is 48.1 Å². The summed E-state index contributed by atoms with van der Waals surface area (Å²) in [5.41, 5.74) is -6.17. The molecule has 0 bridgehead atoms. The molecule has 1 aromatic rings. The number of hydrogen-bond acceptors (Lipinski definition) is 12. The van der Waals surface area contributed by atoms with E-state index in [0.717, 1.165) is 5.56 Å². The second kappa shape index (κ2) is 13.0. The number of fused-ring (bicyclic) bond motifs is 5. The molecule has 8 atom stereocenters. The number of halogens is 1. The zero-order valence-electron chi connectivity index (χ0n) is 26.6. The number of allylic oxidation sites excluding steroid dienone is 4. The van der Waals surface area contributed by atoms with Crippen LogP contribution in [0.3, 0.4) is 0 Å². The normalized spacial score (nSPS) is 35.0. The summed E-state index contributed by atoms with van der Waals surface area (Å²) in [6, 6.07) is 6.36. The van der Waals surface area contributed by atoms with Crippen LogP contribution in [-0.2, 0) is 30.4 Å². The van der Waals surface area contributed by atoms with Crippen molar-refractivity contribution in [2.75, 3.05) is 19.8 Å². The number of nitrogens with one attached hydrogen (secondary N) is 1. The van der Waals surface area contributed by atoms with Gasteiger partial charge in [-0.3, -0.25) is 14.4 Å².